The van der Waals surface area contributed by atoms with Gasteiger partial charge in [0.1, 0.15) is 6.54 Å². The summed E-state index contributed by atoms with van der Waals surface area (Å²) in [5, 5.41) is 9.40. The maximum atomic E-state index is 13.7. The van der Waals surface area contributed by atoms with Crippen LogP contribution in [-0.2, 0) is 19.1 Å². The second-order valence-electron chi connectivity index (χ2n) is 8.93. The Morgan fingerprint density at radius 2 is 1.92 bits per heavy atom. The first-order chi connectivity index (χ1) is 18.6. The lowest BCUT2D eigenvalue weighted by Gasteiger charge is -2.13. The predicted molar refractivity (Wildman–Crippen MR) is 136 cm³/mol. The van der Waals surface area contributed by atoms with Crippen LogP contribution in [0.2, 0.25) is 0 Å². The average molecular weight is 550 g/mol. The van der Waals surface area contributed by atoms with E-state index in [0.717, 1.165) is 31.0 Å². The molecule has 0 saturated heterocycles. The van der Waals surface area contributed by atoms with E-state index in [-0.39, 0.29) is 28.6 Å². The van der Waals surface area contributed by atoms with Crippen LogP contribution in [0.4, 0.5) is 33.5 Å². The van der Waals surface area contributed by atoms with Gasteiger partial charge < -0.3 is 10.6 Å². The van der Waals surface area contributed by atoms with Gasteiger partial charge in [-0.1, -0.05) is 26.7 Å². The first kappa shape index (κ1) is 28.0. The number of anilines is 2. The highest BCUT2D eigenvalue weighted by Gasteiger charge is 2.38. The molecule has 0 aliphatic carbocycles. The molecule has 0 atom stereocenters. The van der Waals surface area contributed by atoms with Crippen molar-refractivity contribution in [3.63, 3.8) is 0 Å². The van der Waals surface area contributed by atoms with E-state index in [1.54, 1.807) is 12.1 Å². The normalized spacial score (nSPS) is 11.9. The van der Waals surface area contributed by atoms with Crippen molar-refractivity contribution in [2.45, 2.75) is 58.7 Å². The Kier molecular flexibility index (Phi) is 8.46. The summed E-state index contributed by atoms with van der Waals surface area (Å²) in [4.78, 5) is 21.2. The first-order valence-corrected chi connectivity index (χ1v) is 12.6. The van der Waals surface area contributed by atoms with Gasteiger partial charge in [0.2, 0.25) is 0 Å². The number of halogens is 5. The molecule has 8 nitrogen and oxygen atoms in total. The number of hydrogen-bond donors (Lipinski definition) is 2. The summed E-state index contributed by atoms with van der Waals surface area (Å²) in [6.07, 6.45) is 0.830. The zero-order chi connectivity index (χ0) is 28.2. The average Bonchev–Trinajstić information content (AvgIpc) is 3.51. The number of rotatable bonds is 11. The lowest BCUT2D eigenvalue weighted by Crippen LogP contribution is -2.25. The molecular formula is C26H28F5N7O. The number of benzene rings is 1. The molecule has 0 aliphatic heterocycles. The van der Waals surface area contributed by atoms with Crippen LogP contribution in [0.1, 0.15) is 54.7 Å². The lowest BCUT2D eigenvalue weighted by molar-refractivity contribution is -0.141. The van der Waals surface area contributed by atoms with Crippen molar-refractivity contribution in [3.8, 4) is 11.3 Å². The number of carbonyl (C=O) groups is 1. The molecule has 3 aromatic heterocycles. The van der Waals surface area contributed by atoms with Crippen molar-refractivity contribution in [1.82, 2.24) is 29.5 Å². The highest BCUT2D eigenvalue weighted by molar-refractivity contribution is 5.96. The number of amides is 1. The van der Waals surface area contributed by atoms with Gasteiger partial charge in [0.25, 0.3) is 12.3 Å². The van der Waals surface area contributed by atoms with E-state index < -0.39 is 24.8 Å². The predicted octanol–water partition coefficient (Wildman–Crippen LogP) is 6.10. The minimum atomic E-state index is -4.86. The standard InChI is InChI=1S/C26H28F5N7O/c1-3-5-6-9-33-25(39)18-8-7-17(12-16(18)4-2)35-23-24-34-13-20(38(24)11-10-32-23)19-14-37(15-21(27)28)36-22(19)26(29,30)31/h7-8,10-14,21H,3-6,9,15H2,1-2H3,(H,32,35)(H,33,39). The molecule has 4 rings (SSSR count). The topological polar surface area (TPSA) is 89.1 Å². The summed E-state index contributed by atoms with van der Waals surface area (Å²) in [5.41, 5.74) is 0.563. The van der Waals surface area contributed by atoms with Crippen LogP contribution in [0.15, 0.2) is 43.0 Å². The van der Waals surface area contributed by atoms with Crippen molar-refractivity contribution in [1.29, 1.82) is 0 Å². The van der Waals surface area contributed by atoms with Crippen LogP contribution in [0.25, 0.3) is 16.9 Å². The summed E-state index contributed by atoms with van der Waals surface area (Å²) in [6.45, 7) is 3.65. The van der Waals surface area contributed by atoms with Gasteiger partial charge in [0, 0.05) is 36.4 Å². The molecule has 3 heterocycles. The van der Waals surface area contributed by atoms with Gasteiger partial charge in [-0.3, -0.25) is 13.9 Å². The molecular weight excluding hydrogens is 521 g/mol. The van der Waals surface area contributed by atoms with E-state index in [2.05, 4.69) is 32.6 Å². The number of aryl methyl sites for hydroxylation is 1. The van der Waals surface area contributed by atoms with Gasteiger partial charge in [-0.05, 0) is 36.6 Å². The Bertz CT molecular complexity index is 1440. The fraction of sp³-hybridized carbons (Fsp3) is 0.385. The van der Waals surface area contributed by atoms with E-state index in [0.29, 0.717) is 28.9 Å². The van der Waals surface area contributed by atoms with Crippen LogP contribution in [-0.4, -0.2) is 43.0 Å². The van der Waals surface area contributed by atoms with Crippen LogP contribution in [0.3, 0.4) is 0 Å². The number of nitrogens with one attached hydrogen (secondary N) is 2. The molecule has 0 unspecified atom stereocenters. The Balaban J connectivity index is 1.64. The molecule has 0 saturated carbocycles. The number of carbonyl (C=O) groups excluding carboxylic acids is 1. The van der Waals surface area contributed by atoms with Crippen LogP contribution < -0.4 is 10.6 Å². The van der Waals surface area contributed by atoms with Gasteiger partial charge in [0.15, 0.2) is 17.2 Å². The third kappa shape index (κ3) is 6.35. The number of unbranched alkanes of at least 4 members (excludes halogenated alkanes) is 2. The molecule has 0 bridgehead atoms. The monoisotopic (exact) mass is 549 g/mol. The number of alkyl halides is 5. The lowest BCUT2D eigenvalue weighted by atomic mass is 10.0. The van der Waals surface area contributed by atoms with Crippen LogP contribution in [0, 0.1) is 0 Å². The largest absolute Gasteiger partial charge is 0.435 e. The van der Waals surface area contributed by atoms with Gasteiger partial charge >= 0.3 is 6.18 Å². The van der Waals surface area contributed by atoms with E-state index in [4.69, 9.17) is 0 Å². The summed E-state index contributed by atoms with van der Waals surface area (Å²) in [6, 6.07) is 5.23. The molecule has 4 aromatic rings. The quantitative estimate of drug-likeness (QED) is 0.174. The summed E-state index contributed by atoms with van der Waals surface area (Å²) >= 11 is 0. The van der Waals surface area contributed by atoms with Crippen molar-refractivity contribution >= 4 is 23.1 Å². The van der Waals surface area contributed by atoms with Crippen molar-refractivity contribution in [2.75, 3.05) is 11.9 Å². The van der Waals surface area contributed by atoms with Gasteiger partial charge in [-0.2, -0.15) is 18.3 Å². The third-order valence-corrected chi connectivity index (χ3v) is 6.12. The van der Waals surface area contributed by atoms with Crippen LogP contribution in [0.5, 0.6) is 0 Å². The fourth-order valence-corrected chi connectivity index (χ4v) is 4.25. The highest BCUT2D eigenvalue weighted by atomic mass is 19.4. The Morgan fingerprint density at radius 3 is 2.62 bits per heavy atom. The zero-order valence-electron chi connectivity index (χ0n) is 21.4. The minimum Gasteiger partial charge on any atom is -0.352 e. The highest BCUT2D eigenvalue weighted by Crippen LogP contribution is 2.37. The van der Waals surface area contributed by atoms with E-state index >= 15 is 0 Å². The van der Waals surface area contributed by atoms with Gasteiger partial charge in [-0.25, -0.2) is 18.7 Å². The molecule has 0 radical (unpaired) electrons. The maximum Gasteiger partial charge on any atom is 0.435 e. The van der Waals surface area contributed by atoms with E-state index in [1.165, 1.54) is 23.0 Å². The molecule has 1 aromatic carbocycles. The van der Waals surface area contributed by atoms with Crippen molar-refractivity contribution in [2.24, 2.45) is 0 Å². The molecule has 39 heavy (non-hydrogen) atoms. The number of imidazole rings is 1. The molecule has 0 fully saturated rings. The summed E-state index contributed by atoms with van der Waals surface area (Å²) in [7, 11) is 0. The first-order valence-electron chi connectivity index (χ1n) is 12.6. The number of fused-ring (bicyclic) bond motifs is 1. The summed E-state index contributed by atoms with van der Waals surface area (Å²) < 4.78 is 68.6. The molecule has 2 N–H and O–H groups in total. The Labute approximate surface area is 221 Å². The zero-order valence-corrected chi connectivity index (χ0v) is 21.4. The van der Waals surface area contributed by atoms with Crippen molar-refractivity contribution in [3.05, 3.63) is 59.8 Å². The van der Waals surface area contributed by atoms with Crippen LogP contribution >= 0.6 is 0 Å². The SMILES string of the molecule is CCCCCNC(=O)c1ccc(Nc2nccn3c(-c4cn(CC(F)F)nc4C(F)(F)F)cnc23)cc1CC. The Hall–Kier alpha value is -4.03. The molecule has 1 amide bonds. The van der Waals surface area contributed by atoms with Gasteiger partial charge in [-0.15, -0.1) is 0 Å². The maximum absolute atomic E-state index is 13.7. The Morgan fingerprint density at radius 1 is 1.13 bits per heavy atom. The smallest absolute Gasteiger partial charge is 0.352 e. The second-order valence-corrected chi connectivity index (χ2v) is 8.93. The second kappa shape index (κ2) is 11.8. The van der Waals surface area contributed by atoms with Gasteiger partial charge in [0.05, 0.1) is 17.5 Å². The minimum absolute atomic E-state index is 0.0210. The molecule has 13 heteroatoms. The third-order valence-electron chi connectivity index (χ3n) is 6.12. The van der Waals surface area contributed by atoms with E-state index in [1.807, 2.05) is 13.0 Å². The fourth-order valence-electron chi connectivity index (χ4n) is 4.25. The van der Waals surface area contributed by atoms with E-state index in [9.17, 15) is 26.7 Å². The molecule has 0 spiro atoms. The molecule has 208 valence electrons. The number of nitrogens with zero attached hydrogens (tertiary/aromatic N) is 5. The summed E-state index contributed by atoms with van der Waals surface area (Å²) in [5.74, 6) is 0.108. The van der Waals surface area contributed by atoms with Crippen molar-refractivity contribution < 1.29 is 26.7 Å². The number of hydrogen-bond acceptors (Lipinski definition) is 5. The number of aromatic nitrogens is 5. The molecule has 0 aliphatic rings.